The molecule has 1 aromatic rings. The molecule has 0 aliphatic heterocycles. The van der Waals surface area contributed by atoms with Gasteiger partial charge in [0.25, 0.3) is 0 Å². The standard InChI is InChI=1S/C17H29BrN2/c1-5-15(6-2)20(12-13(3)4)16-8-7-14(9-10-19)17(18)11-16/h7-8,11,13,15H,5-6,9-10,12,19H2,1-4H3. The lowest BCUT2D eigenvalue weighted by molar-refractivity contribution is 0.507. The second-order valence-electron chi connectivity index (χ2n) is 5.83. The molecule has 2 nitrogen and oxygen atoms in total. The fraction of sp³-hybridized carbons (Fsp3) is 0.647. The lowest BCUT2D eigenvalue weighted by Gasteiger charge is -2.34. The van der Waals surface area contributed by atoms with E-state index in [1.165, 1.54) is 28.6 Å². The Labute approximate surface area is 132 Å². The number of nitrogens with two attached hydrogens (primary N) is 1. The largest absolute Gasteiger partial charge is 0.368 e. The van der Waals surface area contributed by atoms with Crippen LogP contribution >= 0.6 is 15.9 Å². The maximum Gasteiger partial charge on any atom is 0.0380 e. The predicted octanol–water partition coefficient (Wildman–Crippen LogP) is 4.60. The minimum absolute atomic E-state index is 0.615. The van der Waals surface area contributed by atoms with Gasteiger partial charge in [0.1, 0.15) is 0 Å². The Morgan fingerprint density at radius 2 is 1.85 bits per heavy atom. The normalized spacial score (nSPS) is 11.4. The number of rotatable bonds is 8. The van der Waals surface area contributed by atoms with E-state index in [1.54, 1.807) is 0 Å². The summed E-state index contributed by atoms with van der Waals surface area (Å²) in [6, 6.07) is 7.33. The number of hydrogen-bond donors (Lipinski definition) is 1. The summed E-state index contributed by atoms with van der Waals surface area (Å²) in [4.78, 5) is 2.56. The lowest BCUT2D eigenvalue weighted by atomic mass is 10.0. The SMILES string of the molecule is CCC(CC)N(CC(C)C)c1ccc(CCN)c(Br)c1. The van der Waals surface area contributed by atoms with Crippen LogP contribution in [0.5, 0.6) is 0 Å². The van der Waals surface area contributed by atoms with Crippen LogP contribution in [0.25, 0.3) is 0 Å². The zero-order valence-corrected chi connectivity index (χ0v) is 14.9. The molecule has 2 N–H and O–H groups in total. The van der Waals surface area contributed by atoms with Crippen molar-refractivity contribution in [1.82, 2.24) is 0 Å². The molecule has 0 atom stereocenters. The highest BCUT2D eigenvalue weighted by molar-refractivity contribution is 9.10. The number of benzene rings is 1. The molecule has 20 heavy (non-hydrogen) atoms. The fourth-order valence-corrected chi connectivity index (χ4v) is 3.23. The van der Waals surface area contributed by atoms with E-state index in [0.29, 0.717) is 18.5 Å². The summed E-state index contributed by atoms with van der Waals surface area (Å²) in [6.45, 7) is 10.9. The molecular formula is C17H29BrN2. The molecule has 3 heteroatoms. The Bertz CT molecular complexity index is 400. The van der Waals surface area contributed by atoms with Crippen LogP contribution in [0.3, 0.4) is 0 Å². The van der Waals surface area contributed by atoms with Gasteiger partial charge in [-0.25, -0.2) is 0 Å². The van der Waals surface area contributed by atoms with Gasteiger partial charge < -0.3 is 10.6 Å². The van der Waals surface area contributed by atoms with E-state index >= 15 is 0 Å². The molecule has 0 spiro atoms. The molecule has 0 aliphatic rings. The highest BCUT2D eigenvalue weighted by atomic mass is 79.9. The molecule has 0 aliphatic carbocycles. The maximum absolute atomic E-state index is 5.65. The highest BCUT2D eigenvalue weighted by Gasteiger charge is 2.17. The van der Waals surface area contributed by atoms with Crippen molar-refractivity contribution in [2.45, 2.75) is 53.0 Å². The smallest absolute Gasteiger partial charge is 0.0380 e. The van der Waals surface area contributed by atoms with E-state index in [0.717, 1.165) is 13.0 Å². The van der Waals surface area contributed by atoms with Crippen LogP contribution in [-0.2, 0) is 6.42 Å². The monoisotopic (exact) mass is 340 g/mol. The Morgan fingerprint density at radius 1 is 1.20 bits per heavy atom. The molecule has 0 unspecified atom stereocenters. The zero-order valence-electron chi connectivity index (χ0n) is 13.3. The second-order valence-corrected chi connectivity index (χ2v) is 6.69. The summed E-state index contributed by atoms with van der Waals surface area (Å²) < 4.78 is 1.18. The summed E-state index contributed by atoms with van der Waals surface area (Å²) in [7, 11) is 0. The van der Waals surface area contributed by atoms with Crippen molar-refractivity contribution in [2.24, 2.45) is 11.7 Å². The summed E-state index contributed by atoms with van der Waals surface area (Å²) >= 11 is 3.69. The summed E-state index contributed by atoms with van der Waals surface area (Å²) in [5, 5.41) is 0. The third-order valence-corrected chi connectivity index (χ3v) is 4.47. The van der Waals surface area contributed by atoms with Crippen molar-refractivity contribution < 1.29 is 0 Å². The Balaban J connectivity index is 3.03. The molecule has 1 aromatic carbocycles. The third kappa shape index (κ3) is 4.78. The van der Waals surface area contributed by atoms with Crippen molar-refractivity contribution in [3.8, 4) is 0 Å². The van der Waals surface area contributed by atoms with E-state index in [-0.39, 0.29) is 0 Å². The molecular weight excluding hydrogens is 312 g/mol. The molecule has 0 saturated carbocycles. The van der Waals surface area contributed by atoms with Gasteiger partial charge in [-0.05, 0) is 49.4 Å². The van der Waals surface area contributed by atoms with Crippen molar-refractivity contribution >= 4 is 21.6 Å². The first-order valence-electron chi connectivity index (χ1n) is 7.78. The molecule has 114 valence electrons. The molecule has 0 radical (unpaired) electrons. The highest BCUT2D eigenvalue weighted by Crippen LogP contribution is 2.28. The van der Waals surface area contributed by atoms with E-state index < -0.39 is 0 Å². The quantitative estimate of drug-likeness (QED) is 0.749. The van der Waals surface area contributed by atoms with Crippen molar-refractivity contribution in [1.29, 1.82) is 0 Å². The van der Waals surface area contributed by atoms with Gasteiger partial charge in [-0.3, -0.25) is 0 Å². The van der Waals surface area contributed by atoms with Crippen LogP contribution in [0.2, 0.25) is 0 Å². The Hall–Kier alpha value is -0.540. The van der Waals surface area contributed by atoms with Gasteiger partial charge in [-0.15, -0.1) is 0 Å². The van der Waals surface area contributed by atoms with Gasteiger partial charge in [0.05, 0.1) is 0 Å². The summed E-state index contributed by atoms with van der Waals surface area (Å²) in [5.41, 5.74) is 8.27. The van der Waals surface area contributed by atoms with Gasteiger partial charge in [-0.1, -0.05) is 49.7 Å². The van der Waals surface area contributed by atoms with Crippen LogP contribution in [0.4, 0.5) is 5.69 Å². The lowest BCUT2D eigenvalue weighted by Crippen LogP contribution is -2.37. The Kier molecular flexibility index (Phi) is 7.60. The number of anilines is 1. The van der Waals surface area contributed by atoms with E-state index in [1.807, 2.05) is 0 Å². The van der Waals surface area contributed by atoms with Gasteiger partial charge in [0, 0.05) is 22.7 Å². The Morgan fingerprint density at radius 3 is 2.30 bits per heavy atom. The second kappa shape index (κ2) is 8.68. The minimum Gasteiger partial charge on any atom is -0.368 e. The van der Waals surface area contributed by atoms with Crippen LogP contribution in [0.15, 0.2) is 22.7 Å². The van der Waals surface area contributed by atoms with Crippen molar-refractivity contribution in [2.75, 3.05) is 18.0 Å². The van der Waals surface area contributed by atoms with Gasteiger partial charge >= 0.3 is 0 Å². The van der Waals surface area contributed by atoms with E-state index in [2.05, 4.69) is 66.7 Å². The number of halogens is 1. The van der Waals surface area contributed by atoms with Gasteiger partial charge in [0.2, 0.25) is 0 Å². The number of nitrogens with zero attached hydrogens (tertiary/aromatic N) is 1. The molecule has 0 heterocycles. The van der Waals surface area contributed by atoms with E-state index in [9.17, 15) is 0 Å². The zero-order chi connectivity index (χ0) is 15.1. The molecule has 0 aromatic heterocycles. The summed E-state index contributed by atoms with van der Waals surface area (Å²) in [6.07, 6.45) is 3.30. The first-order chi connectivity index (χ1) is 9.53. The minimum atomic E-state index is 0.615. The van der Waals surface area contributed by atoms with Crippen LogP contribution < -0.4 is 10.6 Å². The van der Waals surface area contributed by atoms with Gasteiger partial charge in [0.15, 0.2) is 0 Å². The topological polar surface area (TPSA) is 29.3 Å². The average Bonchev–Trinajstić information content (AvgIpc) is 2.41. The van der Waals surface area contributed by atoms with Gasteiger partial charge in [-0.2, -0.15) is 0 Å². The maximum atomic E-state index is 5.65. The third-order valence-electron chi connectivity index (χ3n) is 3.73. The molecule has 0 bridgehead atoms. The average molecular weight is 341 g/mol. The molecule has 1 rings (SSSR count). The van der Waals surface area contributed by atoms with E-state index in [4.69, 9.17) is 5.73 Å². The van der Waals surface area contributed by atoms with Crippen molar-refractivity contribution in [3.63, 3.8) is 0 Å². The molecule has 0 amide bonds. The van der Waals surface area contributed by atoms with Crippen LogP contribution in [0, 0.1) is 5.92 Å². The van der Waals surface area contributed by atoms with Crippen LogP contribution in [0.1, 0.15) is 46.1 Å². The summed E-state index contributed by atoms with van der Waals surface area (Å²) in [5.74, 6) is 0.665. The van der Waals surface area contributed by atoms with Crippen LogP contribution in [-0.4, -0.2) is 19.1 Å². The number of hydrogen-bond acceptors (Lipinski definition) is 2. The fourth-order valence-electron chi connectivity index (χ4n) is 2.66. The first kappa shape index (κ1) is 17.5. The molecule has 0 fully saturated rings. The predicted molar refractivity (Wildman–Crippen MR) is 93.5 cm³/mol. The van der Waals surface area contributed by atoms with Crippen molar-refractivity contribution in [3.05, 3.63) is 28.2 Å². The molecule has 0 saturated heterocycles. The first-order valence-corrected chi connectivity index (χ1v) is 8.57.